The Morgan fingerprint density at radius 2 is 1.39 bits per heavy atom. The van der Waals surface area contributed by atoms with Crippen LogP contribution in [-0.2, 0) is 45.1 Å². The number of halogens is 2. The van der Waals surface area contributed by atoms with Gasteiger partial charge in [0.15, 0.2) is 12.2 Å². The van der Waals surface area contributed by atoms with Crippen LogP contribution >= 0.6 is 23.2 Å². The number of fused-ring (bicyclic) bond motifs is 1. The molecule has 2 aromatic carbocycles. The first kappa shape index (κ1) is 41.0. The van der Waals surface area contributed by atoms with E-state index in [2.05, 4.69) is 20.3 Å². The average Bonchev–Trinajstić information content (AvgIpc) is 3.08. The summed E-state index contributed by atoms with van der Waals surface area (Å²) in [5.41, 5.74) is 3.04. The lowest BCUT2D eigenvalue weighted by Crippen LogP contribution is -2.50. The number of sulfonamides is 1. The van der Waals surface area contributed by atoms with E-state index < -0.39 is 34.0 Å². The number of nitrogens with one attached hydrogen (secondary N) is 3. The van der Waals surface area contributed by atoms with Gasteiger partial charge in [0.1, 0.15) is 0 Å². The number of aliphatic hydroxyl groups is 2. The number of nitrogens with zero attached hydrogens (tertiary/aromatic N) is 1. The normalized spacial score (nSPS) is 16.2. The van der Waals surface area contributed by atoms with E-state index in [4.69, 9.17) is 42.1 Å². The van der Waals surface area contributed by atoms with E-state index in [0.29, 0.717) is 23.2 Å². The van der Waals surface area contributed by atoms with Crippen molar-refractivity contribution in [3.05, 3.63) is 63.1 Å². The zero-order valence-corrected chi connectivity index (χ0v) is 30.0. The molecule has 0 radical (unpaired) electrons. The van der Waals surface area contributed by atoms with Crippen LogP contribution in [0.5, 0.6) is 0 Å². The molecule has 5 N–H and O–H groups in total. The lowest BCUT2D eigenvalue weighted by molar-refractivity contribution is -0.146. The van der Waals surface area contributed by atoms with Gasteiger partial charge in [0.25, 0.3) is 11.8 Å². The van der Waals surface area contributed by atoms with Crippen molar-refractivity contribution in [2.24, 2.45) is 0 Å². The Bertz CT molecular complexity index is 1450. The van der Waals surface area contributed by atoms with E-state index in [1.807, 2.05) is 25.2 Å². The van der Waals surface area contributed by atoms with Crippen LogP contribution in [0.2, 0.25) is 10.0 Å². The minimum atomic E-state index is -3.73. The highest BCUT2D eigenvalue weighted by Gasteiger charge is 2.30. The largest absolute Gasteiger partial charge is 0.380 e. The molecule has 0 spiro atoms. The van der Waals surface area contributed by atoms with Gasteiger partial charge in [-0.15, -0.1) is 0 Å². The number of aliphatic hydroxyl groups excluding tert-OH is 2. The number of hydrogen-bond acceptors (Lipinski definition) is 11. The van der Waals surface area contributed by atoms with Gasteiger partial charge in [-0.25, -0.2) is 13.1 Å². The molecule has 2 aromatic rings. The van der Waals surface area contributed by atoms with E-state index in [0.717, 1.165) is 23.2 Å². The monoisotopic (exact) mass is 748 g/mol. The number of likely N-dealkylation sites (N-methyl/N-ethyl adjacent to an activating group) is 1. The maximum absolute atomic E-state index is 12.8. The van der Waals surface area contributed by atoms with Crippen molar-refractivity contribution in [2.75, 3.05) is 86.1 Å². The summed E-state index contributed by atoms with van der Waals surface area (Å²) in [5.74, 6) is -1.78. The summed E-state index contributed by atoms with van der Waals surface area (Å²) in [6, 6.07) is 10.5. The molecule has 0 aromatic heterocycles. The summed E-state index contributed by atoms with van der Waals surface area (Å²) in [6.07, 6.45) is -3.83. The fourth-order valence-corrected chi connectivity index (χ4v) is 6.60. The predicted molar refractivity (Wildman–Crippen MR) is 183 cm³/mol. The second-order valence-electron chi connectivity index (χ2n) is 11.2. The van der Waals surface area contributed by atoms with Crippen LogP contribution in [-0.4, -0.2) is 134 Å². The van der Waals surface area contributed by atoms with E-state index in [9.17, 15) is 28.2 Å². The first-order chi connectivity index (χ1) is 23.4. The number of carbonyl (C=O) groups excluding carboxylic acids is 2. The molecule has 0 unspecified atom stereocenters. The molecule has 1 aliphatic rings. The third kappa shape index (κ3) is 13.3. The number of carbonyl (C=O) groups is 2. The second-order valence-corrected chi connectivity index (χ2v) is 13.8. The summed E-state index contributed by atoms with van der Waals surface area (Å²) in [4.78, 5) is 26.0. The third-order valence-electron chi connectivity index (χ3n) is 7.50. The smallest absolute Gasteiger partial charge is 0.252 e. The van der Waals surface area contributed by atoms with Crippen molar-refractivity contribution in [1.82, 2.24) is 20.3 Å². The Labute approximate surface area is 297 Å². The van der Waals surface area contributed by atoms with Crippen molar-refractivity contribution < 1.29 is 47.2 Å². The topological polar surface area (TPSA) is 185 Å². The Balaban J connectivity index is 1.24. The fourth-order valence-electron chi connectivity index (χ4n) is 5.02. The number of rotatable bonds is 22. The van der Waals surface area contributed by atoms with Gasteiger partial charge in [-0.1, -0.05) is 35.3 Å². The van der Waals surface area contributed by atoms with Gasteiger partial charge in [0.2, 0.25) is 10.0 Å². The predicted octanol–water partition coefficient (Wildman–Crippen LogP) is 0.890. The molecule has 14 nitrogen and oxygen atoms in total. The Morgan fingerprint density at radius 3 is 1.96 bits per heavy atom. The molecule has 1 aliphatic heterocycles. The number of amides is 2. The van der Waals surface area contributed by atoms with Gasteiger partial charge in [0.05, 0.1) is 51.1 Å². The van der Waals surface area contributed by atoms with Gasteiger partial charge < -0.3 is 44.7 Å². The van der Waals surface area contributed by atoms with Crippen LogP contribution in [0.1, 0.15) is 29.5 Å². The molecule has 2 amide bonds. The zero-order chi connectivity index (χ0) is 35.8. The Morgan fingerprint density at radius 1 is 0.857 bits per heavy atom. The minimum Gasteiger partial charge on any atom is -0.380 e. The third-order valence-corrected chi connectivity index (χ3v) is 9.53. The van der Waals surface area contributed by atoms with Crippen LogP contribution in [0.4, 0.5) is 0 Å². The molecule has 0 fully saturated rings. The minimum absolute atomic E-state index is 0.00364. The van der Waals surface area contributed by atoms with E-state index >= 15 is 0 Å². The summed E-state index contributed by atoms with van der Waals surface area (Å²) in [7, 11) is -1.72. The summed E-state index contributed by atoms with van der Waals surface area (Å²) in [6.45, 7) is 5.52. The highest BCUT2D eigenvalue weighted by molar-refractivity contribution is 7.89. The SMILES string of the molecule is CCOCCNC(=O)[C@@H](O)[C@H](O)C(=O)NCCOCCOCCOCCNS(=O)(=O)c1ccc([C@@H]2CN(C)Cc3c(Cl)cc(Cl)cc32)cc1. The lowest BCUT2D eigenvalue weighted by Gasteiger charge is -2.33. The molecule has 17 heteroatoms. The van der Waals surface area contributed by atoms with Gasteiger partial charge in [-0.2, -0.15) is 0 Å². The van der Waals surface area contributed by atoms with Crippen LogP contribution in [0, 0.1) is 0 Å². The van der Waals surface area contributed by atoms with Crippen molar-refractivity contribution in [1.29, 1.82) is 0 Å². The zero-order valence-electron chi connectivity index (χ0n) is 27.7. The molecular weight excluding hydrogens is 703 g/mol. The molecule has 3 rings (SSSR count). The molecule has 0 aliphatic carbocycles. The van der Waals surface area contributed by atoms with Crippen LogP contribution in [0.3, 0.4) is 0 Å². The van der Waals surface area contributed by atoms with Crippen molar-refractivity contribution in [3.63, 3.8) is 0 Å². The highest BCUT2D eigenvalue weighted by Crippen LogP contribution is 2.38. The van der Waals surface area contributed by atoms with E-state index in [1.165, 1.54) is 0 Å². The van der Waals surface area contributed by atoms with Crippen molar-refractivity contribution >= 4 is 45.0 Å². The molecular formula is C32H46Cl2N4O10S. The first-order valence-corrected chi connectivity index (χ1v) is 18.2. The molecule has 0 bridgehead atoms. The second kappa shape index (κ2) is 21.1. The summed E-state index contributed by atoms with van der Waals surface area (Å²) < 4.78 is 49.4. The highest BCUT2D eigenvalue weighted by atomic mass is 35.5. The number of ether oxygens (including phenoxy) is 4. The number of benzene rings is 2. The molecule has 274 valence electrons. The maximum atomic E-state index is 12.8. The Hall–Kier alpha value is -2.41. The van der Waals surface area contributed by atoms with Gasteiger partial charge in [-0.05, 0) is 54.9 Å². The quantitative estimate of drug-likeness (QED) is 0.108. The lowest BCUT2D eigenvalue weighted by atomic mass is 9.85. The van der Waals surface area contributed by atoms with Crippen molar-refractivity contribution in [3.8, 4) is 0 Å². The molecule has 0 saturated heterocycles. The fraction of sp³-hybridized carbons (Fsp3) is 0.562. The van der Waals surface area contributed by atoms with Gasteiger partial charge in [0, 0.05) is 55.3 Å². The van der Waals surface area contributed by atoms with Gasteiger partial charge in [-0.3, -0.25) is 9.59 Å². The standard InChI is InChI=1S/C32H46Cl2N4O10S/c1-3-45-11-8-35-31(41)29(39)30(40)32(42)36-9-12-46-14-16-48-17-15-47-13-10-37-49(43,44)24-6-4-22(5-7-24)26-20-38(2)21-27-25(26)18-23(33)19-28(27)34/h4-7,18-19,26,29-30,37,39-40H,3,8-17,20-21H2,1-2H3,(H,35,41)(H,36,42)/t26-,29-,30-/m0/s1. The maximum Gasteiger partial charge on any atom is 0.252 e. The van der Waals surface area contributed by atoms with Gasteiger partial charge >= 0.3 is 0 Å². The van der Waals surface area contributed by atoms with Crippen LogP contribution < -0.4 is 15.4 Å². The average molecular weight is 750 g/mol. The van der Waals surface area contributed by atoms with Crippen LogP contribution in [0.15, 0.2) is 41.3 Å². The van der Waals surface area contributed by atoms with Crippen molar-refractivity contribution in [2.45, 2.75) is 36.5 Å². The molecule has 3 atom stereocenters. The Kier molecular flexibility index (Phi) is 17.6. The first-order valence-electron chi connectivity index (χ1n) is 15.9. The molecule has 0 saturated carbocycles. The molecule has 49 heavy (non-hydrogen) atoms. The summed E-state index contributed by atoms with van der Waals surface area (Å²) >= 11 is 12.7. The number of hydrogen-bond donors (Lipinski definition) is 5. The van der Waals surface area contributed by atoms with E-state index in [-0.39, 0.29) is 76.7 Å². The molecule has 1 heterocycles. The summed E-state index contributed by atoms with van der Waals surface area (Å²) in [5, 5.41) is 25.6. The van der Waals surface area contributed by atoms with Crippen LogP contribution in [0.25, 0.3) is 0 Å². The van der Waals surface area contributed by atoms with E-state index in [1.54, 1.807) is 25.1 Å².